The molecule has 0 spiro atoms. The van der Waals surface area contributed by atoms with Crippen LogP contribution in [0.3, 0.4) is 0 Å². The summed E-state index contributed by atoms with van der Waals surface area (Å²) in [6.07, 6.45) is 0. The zero-order valence-electron chi connectivity index (χ0n) is 16.3. The molecule has 0 radical (unpaired) electrons. The second-order valence-corrected chi connectivity index (χ2v) is 8.36. The van der Waals surface area contributed by atoms with Crippen molar-refractivity contribution < 1.29 is 22.4 Å². The number of sulfonamides is 1. The number of amides is 1. The maximum atomic E-state index is 13.2. The van der Waals surface area contributed by atoms with Gasteiger partial charge in [0.1, 0.15) is 5.82 Å². The highest BCUT2D eigenvalue weighted by molar-refractivity contribution is 7.92. The lowest BCUT2D eigenvalue weighted by atomic mass is 10.1. The number of benzene rings is 3. The molecule has 3 aromatic carbocycles. The Kier molecular flexibility index (Phi) is 5.98. The third-order valence-electron chi connectivity index (χ3n) is 4.41. The number of ketones is 1. The van der Waals surface area contributed by atoms with E-state index in [2.05, 4.69) is 10.0 Å². The topological polar surface area (TPSA) is 92.3 Å². The summed E-state index contributed by atoms with van der Waals surface area (Å²) >= 11 is 0. The molecule has 6 nitrogen and oxygen atoms in total. The molecule has 154 valence electrons. The Morgan fingerprint density at radius 1 is 0.867 bits per heavy atom. The molecule has 0 bridgehead atoms. The zero-order valence-corrected chi connectivity index (χ0v) is 17.1. The van der Waals surface area contributed by atoms with Gasteiger partial charge < -0.3 is 5.32 Å². The van der Waals surface area contributed by atoms with E-state index in [4.69, 9.17) is 0 Å². The number of carbonyl (C=O) groups excluding carboxylic acids is 2. The number of Topliss-reactive ketones (excluding diaryl/α,β-unsaturated/α-hetero) is 1. The molecule has 1 amide bonds. The Hall–Kier alpha value is -3.52. The van der Waals surface area contributed by atoms with Crippen LogP contribution in [0, 0.1) is 12.7 Å². The van der Waals surface area contributed by atoms with Gasteiger partial charge in [-0.3, -0.25) is 14.3 Å². The third-order valence-corrected chi connectivity index (χ3v) is 5.80. The van der Waals surface area contributed by atoms with E-state index in [0.29, 0.717) is 22.4 Å². The number of hydrogen-bond donors (Lipinski definition) is 2. The SMILES string of the molecule is CC(=O)c1ccc(S(=O)(=O)Nc2ccc(C(=O)Nc3ccc(F)cc3C)cc2)cc1. The van der Waals surface area contributed by atoms with Gasteiger partial charge in [0.15, 0.2) is 5.78 Å². The van der Waals surface area contributed by atoms with Crippen molar-refractivity contribution >= 4 is 33.1 Å². The lowest BCUT2D eigenvalue weighted by Gasteiger charge is -2.10. The van der Waals surface area contributed by atoms with Crippen LogP contribution in [-0.4, -0.2) is 20.1 Å². The summed E-state index contributed by atoms with van der Waals surface area (Å²) in [5.74, 6) is -0.950. The van der Waals surface area contributed by atoms with E-state index < -0.39 is 21.7 Å². The molecule has 0 heterocycles. The minimum Gasteiger partial charge on any atom is -0.322 e. The lowest BCUT2D eigenvalue weighted by molar-refractivity contribution is 0.101. The van der Waals surface area contributed by atoms with Gasteiger partial charge in [0.2, 0.25) is 0 Å². The van der Waals surface area contributed by atoms with Crippen molar-refractivity contribution in [3.05, 3.63) is 89.2 Å². The summed E-state index contributed by atoms with van der Waals surface area (Å²) in [5, 5.41) is 2.69. The Bertz CT molecular complexity index is 1200. The molecule has 0 aromatic heterocycles. The van der Waals surface area contributed by atoms with Crippen molar-refractivity contribution in [1.82, 2.24) is 0 Å². The standard InChI is InChI=1S/C22H19FN2O4S/c1-14-13-18(23)7-12-21(14)24-22(27)17-3-8-19(9-4-17)25-30(28,29)20-10-5-16(6-11-20)15(2)26/h3-13,25H,1-2H3,(H,24,27). The molecule has 2 N–H and O–H groups in total. The summed E-state index contributed by atoms with van der Waals surface area (Å²) in [6.45, 7) is 3.08. The molecule has 0 aliphatic rings. The van der Waals surface area contributed by atoms with E-state index in [9.17, 15) is 22.4 Å². The van der Waals surface area contributed by atoms with E-state index >= 15 is 0 Å². The van der Waals surface area contributed by atoms with E-state index in [1.165, 1.54) is 73.7 Å². The summed E-state index contributed by atoms with van der Waals surface area (Å²) in [5.41, 5.74) is 2.08. The van der Waals surface area contributed by atoms with Gasteiger partial charge in [-0.2, -0.15) is 0 Å². The van der Waals surface area contributed by atoms with Gasteiger partial charge in [-0.15, -0.1) is 0 Å². The monoisotopic (exact) mass is 426 g/mol. The van der Waals surface area contributed by atoms with Crippen molar-refractivity contribution in [1.29, 1.82) is 0 Å². The number of nitrogens with one attached hydrogen (secondary N) is 2. The molecule has 0 atom stereocenters. The maximum absolute atomic E-state index is 13.2. The van der Waals surface area contributed by atoms with E-state index in [1.54, 1.807) is 6.92 Å². The van der Waals surface area contributed by atoms with Crippen LogP contribution in [0.25, 0.3) is 0 Å². The lowest BCUT2D eigenvalue weighted by Crippen LogP contribution is -2.14. The third kappa shape index (κ3) is 4.90. The van der Waals surface area contributed by atoms with Crippen LogP contribution in [0.4, 0.5) is 15.8 Å². The fourth-order valence-corrected chi connectivity index (χ4v) is 3.79. The Morgan fingerprint density at radius 3 is 2.03 bits per heavy atom. The van der Waals surface area contributed by atoms with E-state index in [0.717, 1.165) is 0 Å². The van der Waals surface area contributed by atoms with Gasteiger partial charge >= 0.3 is 0 Å². The molecular formula is C22H19FN2O4S. The summed E-state index contributed by atoms with van der Waals surface area (Å²) in [6, 6.07) is 15.5. The predicted molar refractivity (Wildman–Crippen MR) is 113 cm³/mol. The molecule has 8 heteroatoms. The fraction of sp³-hybridized carbons (Fsp3) is 0.0909. The summed E-state index contributed by atoms with van der Waals surface area (Å²) in [7, 11) is -3.84. The van der Waals surface area contributed by atoms with Gasteiger partial charge in [0.25, 0.3) is 15.9 Å². The molecule has 0 aliphatic carbocycles. The summed E-state index contributed by atoms with van der Waals surface area (Å²) < 4.78 is 40.6. The van der Waals surface area contributed by atoms with Crippen LogP contribution in [0.1, 0.15) is 33.2 Å². The van der Waals surface area contributed by atoms with Crippen LogP contribution < -0.4 is 10.0 Å². The number of hydrogen-bond acceptors (Lipinski definition) is 4. The first kappa shape index (κ1) is 21.2. The van der Waals surface area contributed by atoms with Gasteiger partial charge in [-0.25, -0.2) is 12.8 Å². The van der Waals surface area contributed by atoms with Crippen LogP contribution in [0.2, 0.25) is 0 Å². The van der Waals surface area contributed by atoms with Crippen molar-refractivity contribution in [3.63, 3.8) is 0 Å². The largest absolute Gasteiger partial charge is 0.322 e. The van der Waals surface area contributed by atoms with Gasteiger partial charge in [-0.1, -0.05) is 12.1 Å². The van der Waals surface area contributed by atoms with Crippen LogP contribution in [-0.2, 0) is 10.0 Å². The molecular weight excluding hydrogens is 407 g/mol. The predicted octanol–water partition coefficient (Wildman–Crippen LogP) is 4.39. The van der Waals surface area contributed by atoms with Crippen molar-refractivity contribution in [2.75, 3.05) is 10.0 Å². The van der Waals surface area contributed by atoms with Crippen LogP contribution >= 0.6 is 0 Å². The first-order chi connectivity index (χ1) is 14.2. The van der Waals surface area contributed by atoms with Gasteiger partial charge in [0, 0.05) is 22.5 Å². The summed E-state index contributed by atoms with van der Waals surface area (Å²) in [4.78, 5) is 23.7. The van der Waals surface area contributed by atoms with Gasteiger partial charge in [-0.05, 0) is 74.0 Å². The van der Waals surface area contributed by atoms with Gasteiger partial charge in [0.05, 0.1) is 4.90 Å². The number of rotatable bonds is 6. The molecule has 30 heavy (non-hydrogen) atoms. The average molecular weight is 426 g/mol. The molecule has 0 saturated heterocycles. The Morgan fingerprint density at radius 2 is 1.47 bits per heavy atom. The molecule has 0 unspecified atom stereocenters. The molecule has 0 aliphatic heterocycles. The molecule has 3 rings (SSSR count). The second-order valence-electron chi connectivity index (χ2n) is 6.68. The quantitative estimate of drug-likeness (QED) is 0.572. The molecule has 0 fully saturated rings. The highest BCUT2D eigenvalue weighted by Crippen LogP contribution is 2.20. The number of halogens is 1. The number of anilines is 2. The minimum absolute atomic E-state index is 0.0149. The second kappa shape index (κ2) is 8.46. The van der Waals surface area contributed by atoms with E-state index in [1.807, 2.05) is 0 Å². The highest BCUT2D eigenvalue weighted by Gasteiger charge is 2.15. The average Bonchev–Trinajstić information content (AvgIpc) is 2.70. The van der Waals surface area contributed by atoms with Crippen LogP contribution in [0.5, 0.6) is 0 Å². The maximum Gasteiger partial charge on any atom is 0.261 e. The fourth-order valence-electron chi connectivity index (χ4n) is 2.73. The normalized spacial score (nSPS) is 11.0. The number of aryl methyl sites for hydroxylation is 1. The Labute approximate surface area is 173 Å². The first-order valence-electron chi connectivity index (χ1n) is 8.97. The van der Waals surface area contributed by atoms with Crippen LogP contribution in [0.15, 0.2) is 71.6 Å². The number of carbonyl (C=O) groups is 2. The van der Waals surface area contributed by atoms with E-state index in [-0.39, 0.29) is 16.4 Å². The van der Waals surface area contributed by atoms with Crippen molar-refractivity contribution in [2.24, 2.45) is 0 Å². The van der Waals surface area contributed by atoms with Crippen molar-refractivity contribution in [2.45, 2.75) is 18.7 Å². The molecule has 0 saturated carbocycles. The Balaban J connectivity index is 1.71. The smallest absolute Gasteiger partial charge is 0.261 e. The molecule has 3 aromatic rings. The highest BCUT2D eigenvalue weighted by atomic mass is 32.2. The zero-order chi connectivity index (χ0) is 21.9. The minimum atomic E-state index is -3.84. The first-order valence-corrected chi connectivity index (χ1v) is 10.5. The van der Waals surface area contributed by atoms with Crippen molar-refractivity contribution in [3.8, 4) is 0 Å².